The number of piperidine rings is 1. The lowest BCUT2D eigenvalue weighted by Gasteiger charge is -2.37. The molecule has 1 aliphatic rings. The number of rotatable bonds is 6. The van der Waals surface area contributed by atoms with Gasteiger partial charge < -0.3 is 19.9 Å². The van der Waals surface area contributed by atoms with Crippen LogP contribution in [0.25, 0.3) is 11.3 Å². The highest BCUT2D eigenvalue weighted by atomic mass is 35.5. The van der Waals surface area contributed by atoms with Crippen molar-refractivity contribution in [2.45, 2.75) is 12.8 Å². The average molecular weight is 403 g/mol. The summed E-state index contributed by atoms with van der Waals surface area (Å²) in [5.74, 6) is 0.296. The van der Waals surface area contributed by atoms with Gasteiger partial charge in [0.15, 0.2) is 11.5 Å². The van der Waals surface area contributed by atoms with Crippen LogP contribution >= 0.6 is 24.8 Å². The molecule has 0 aliphatic carbocycles. The largest absolute Gasteiger partial charge is 0.384 e. The summed E-state index contributed by atoms with van der Waals surface area (Å²) in [5.41, 5.74) is 1.04. The van der Waals surface area contributed by atoms with Crippen molar-refractivity contribution < 1.29 is 14.1 Å². The summed E-state index contributed by atoms with van der Waals surface area (Å²) in [7, 11) is 1.70. The van der Waals surface area contributed by atoms with E-state index in [1.807, 2.05) is 12.1 Å². The van der Waals surface area contributed by atoms with E-state index in [0.717, 1.165) is 31.5 Å². The fourth-order valence-electron chi connectivity index (χ4n) is 3.02. The molecule has 3 heterocycles. The topological polar surface area (TPSA) is 89.3 Å². The van der Waals surface area contributed by atoms with E-state index in [-0.39, 0.29) is 41.8 Å². The van der Waals surface area contributed by atoms with Crippen LogP contribution in [-0.2, 0) is 4.74 Å². The number of nitrogens with zero attached hydrogens (tertiary/aromatic N) is 2. The Kier molecular flexibility index (Phi) is 9.01. The van der Waals surface area contributed by atoms with E-state index in [2.05, 4.69) is 20.8 Å². The van der Waals surface area contributed by atoms with Crippen molar-refractivity contribution in [3.8, 4) is 11.3 Å². The molecule has 1 aliphatic heterocycles. The van der Waals surface area contributed by atoms with Gasteiger partial charge in [-0.1, -0.05) is 5.16 Å². The first-order chi connectivity index (χ1) is 11.7. The van der Waals surface area contributed by atoms with Gasteiger partial charge in [-0.3, -0.25) is 9.78 Å². The molecule has 3 rings (SSSR count). The van der Waals surface area contributed by atoms with Crippen molar-refractivity contribution in [2.75, 3.05) is 33.4 Å². The molecule has 1 saturated heterocycles. The van der Waals surface area contributed by atoms with Crippen LogP contribution in [0.4, 0.5) is 0 Å². The second-order valence-electron chi connectivity index (χ2n) is 6.18. The smallest absolute Gasteiger partial charge is 0.273 e. The van der Waals surface area contributed by atoms with Crippen LogP contribution in [0.3, 0.4) is 0 Å². The first-order valence-electron chi connectivity index (χ1n) is 8.07. The van der Waals surface area contributed by atoms with Gasteiger partial charge in [0.05, 0.1) is 6.61 Å². The minimum atomic E-state index is -0.233. The van der Waals surface area contributed by atoms with Crippen LogP contribution in [0.5, 0.6) is 0 Å². The number of hydrogen-bond acceptors (Lipinski definition) is 6. The number of nitrogens with one attached hydrogen (secondary N) is 2. The summed E-state index contributed by atoms with van der Waals surface area (Å²) in [4.78, 5) is 16.4. The van der Waals surface area contributed by atoms with E-state index in [9.17, 15) is 4.79 Å². The lowest BCUT2D eigenvalue weighted by Crippen LogP contribution is -2.47. The van der Waals surface area contributed by atoms with Crippen LogP contribution in [0.1, 0.15) is 23.3 Å². The van der Waals surface area contributed by atoms with E-state index in [4.69, 9.17) is 9.26 Å². The van der Waals surface area contributed by atoms with Crippen molar-refractivity contribution in [2.24, 2.45) is 5.41 Å². The van der Waals surface area contributed by atoms with Gasteiger partial charge in [0.2, 0.25) is 0 Å². The minimum absolute atomic E-state index is 0. The van der Waals surface area contributed by atoms with Crippen LogP contribution in [0, 0.1) is 5.41 Å². The molecule has 1 fully saturated rings. The van der Waals surface area contributed by atoms with Gasteiger partial charge >= 0.3 is 0 Å². The number of amides is 1. The van der Waals surface area contributed by atoms with E-state index in [1.54, 1.807) is 25.6 Å². The fourth-order valence-corrected chi connectivity index (χ4v) is 3.02. The van der Waals surface area contributed by atoms with Gasteiger partial charge in [0.1, 0.15) is 0 Å². The number of halogens is 2. The summed E-state index contributed by atoms with van der Waals surface area (Å²) in [5, 5.41) is 10.2. The summed E-state index contributed by atoms with van der Waals surface area (Å²) in [6.45, 7) is 3.08. The Labute approximate surface area is 165 Å². The number of ether oxygens (including phenoxy) is 1. The highest BCUT2D eigenvalue weighted by molar-refractivity contribution is 5.93. The summed E-state index contributed by atoms with van der Waals surface area (Å²) in [6, 6.07) is 5.30. The van der Waals surface area contributed by atoms with Crippen LogP contribution in [0.15, 0.2) is 35.1 Å². The van der Waals surface area contributed by atoms with Crippen molar-refractivity contribution in [1.29, 1.82) is 0 Å². The van der Waals surface area contributed by atoms with E-state index >= 15 is 0 Å². The molecule has 0 saturated carbocycles. The van der Waals surface area contributed by atoms with Gasteiger partial charge in [0.25, 0.3) is 5.91 Å². The van der Waals surface area contributed by atoms with E-state index < -0.39 is 0 Å². The maximum absolute atomic E-state index is 12.4. The summed E-state index contributed by atoms with van der Waals surface area (Å²) in [6.07, 6.45) is 5.30. The fraction of sp³-hybridized carbons (Fsp3) is 0.471. The molecule has 0 bridgehead atoms. The highest BCUT2D eigenvalue weighted by Crippen LogP contribution is 2.28. The number of carbonyl (C=O) groups is 1. The molecule has 144 valence electrons. The standard InChI is InChI=1S/C17H22N4O3.2ClH/c1-23-12-17(4-7-18-8-5-17)11-20-16(22)14-9-15(24-21-14)13-3-2-6-19-10-13;;/h2-3,6,9-10,18H,4-5,7-8,11-12H2,1H3,(H,20,22);2*1H. The Hall–Kier alpha value is -1.67. The maximum atomic E-state index is 12.4. The van der Waals surface area contributed by atoms with Gasteiger partial charge in [0, 0.05) is 43.1 Å². The third kappa shape index (κ3) is 5.41. The van der Waals surface area contributed by atoms with Crippen molar-refractivity contribution in [3.05, 3.63) is 36.3 Å². The van der Waals surface area contributed by atoms with Gasteiger partial charge in [-0.25, -0.2) is 0 Å². The van der Waals surface area contributed by atoms with E-state index in [1.165, 1.54) is 0 Å². The van der Waals surface area contributed by atoms with Gasteiger partial charge in [-0.2, -0.15) is 0 Å². The molecule has 0 unspecified atom stereocenters. The molecule has 1 amide bonds. The molecule has 0 radical (unpaired) electrons. The first-order valence-corrected chi connectivity index (χ1v) is 8.07. The molecule has 2 N–H and O–H groups in total. The number of hydrogen-bond donors (Lipinski definition) is 2. The first kappa shape index (κ1) is 22.4. The Morgan fingerprint density at radius 1 is 1.38 bits per heavy atom. The third-order valence-electron chi connectivity index (χ3n) is 4.43. The van der Waals surface area contributed by atoms with Crippen LogP contribution in [-0.4, -0.2) is 49.4 Å². The summed E-state index contributed by atoms with van der Waals surface area (Å²) >= 11 is 0. The molecule has 2 aromatic heterocycles. The molecular formula is C17H24Cl2N4O3. The monoisotopic (exact) mass is 402 g/mol. The molecular weight excluding hydrogens is 379 g/mol. The summed E-state index contributed by atoms with van der Waals surface area (Å²) < 4.78 is 10.6. The predicted octanol–water partition coefficient (Wildman–Crippen LogP) is 2.33. The van der Waals surface area contributed by atoms with Crippen LogP contribution < -0.4 is 10.6 Å². The molecule has 9 heteroatoms. The second-order valence-corrected chi connectivity index (χ2v) is 6.18. The highest BCUT2D eigenvalue weighted by Gasteiger charge is 2.32. The Balaban J connectivity index is 0.00000169. The number of pyridine rings is 1. The van der Waals surface area contributed by atoms with E-state index in [0.29, 0.717) is 18.9 Å². The molecule has 7 nitrogen and oxygen atoms in total. The molecule has 0 spiro atoms. The molecule has 26 heavy (non-hydrogen) atoms. The average Bonchev–Trinajstić information content (AvgIpc) is 3.12. The zero-order valence-electron chi connectivity index (χ0n) is 14.6. The second kappa shape index (κ2) is 10.5. The Morgan fingerprint density at radius 3 is 2.81 bits per heavy atom. The zero-order chi connectivity index (χ0) is 16.8. The van der Waals surface area contributed by atoms with Crippen molar-refractivity contribution in [3.63, 3.8) is 0 Å². The SMILES string of the molecule is COCC1(CNC(=O)c2cc(-c3cccnc3)on2)CCNCC1.Cl.Cl. The lowest BCUT2D eigenvalue weighted by atomic mass is 9.79. The third-order valence-corrected chi connectivity index (χ3v) is 4.43. The van der Waals surface area contributed by atoms with Crippen molar-refractivity contribution in [1.82, 2.24) is 20.8 Å². The van der Waals surface area contributed by atoms with Crippen molar-refractivity contribution >= 4 is 30.7 Å². The maximum Gasteiger partial charge on any atom is 0.273 e. The number of aromatic nitrogens is 2. The lowest BCUT2D eigenvalue weighted by molar-refractivity contribution is 0.0510. The quantitative estimate of drug-likeness (QED) is 0.770. The zero-order valence-corrected chi connectivity index (χ0v) is 16.2. The predicted molar refractivity (Wildman–Crippen MR) is 103 cm³/mol. The van der Waals surface area contributed by atoms with Gasteiger partial charge in [-0.15, -0.1) is 24.8 Å². The number of methoxy groups -OCH3 is 1. The molecule has 0 atom stereocenters. The Morgan fingerprint density at radius 2 is 2.15 bits per heavy atom. The molecule has 2 aromatic rings. The van der Waals surface area contributed by atoms with Crippen LogP contribution in [0.2, 0.25) is 0 Å². The Bertz CT molecular complexity index is 670. The normalized spacial score (nSPS) is 15.4. The molecule has 0 aromatic carbocycles. The minimum Gasteiger partial charge on any atom is -0.384 e. The van der Waals surface area contributed by atoms with Gasteiger partial charge in [-0.05, 0) is 38.1 Å². The number of carbonyl (C=O) groups excluding carboxylic acids is 1.